The van der Waals surface area contributed by atoms with Crippen LogP contribution in [-0.2, 0) is 27.3 Å². The number of rotatable bonds is 7. The van der Waals surface area contributed by atoms with Gasteiger partial charge in [0.15, 0.2) is 0 Å². The van der Waals surface area contributed by atoms with Crippen molar-refractivity contribution in [1.82, 2.24) is 5.32 Å². The second-order valence-corrected chi connectivity index (χ2v) is 4.69. The first-order chi connectivity index (χ1) is 8.11. The molecule has 5 nitrogen and oxygen atoms in total. The maximum absolute atomic E-state index is 10.8. The van der Waals surface area contributed by atoms with Crippen molar-refractivity contribution in [2.24, 2.45) is 0 Å². The van der Waals surface area contributed by atoms with Gasteiger partial charge in [0.2, 0.25) is 0 Å². The van der Waals surface area contributed by atoms with E-state index in [0.717, 1.165) is 9.75 Å². The zero-order valence-electron chi connectivity index (χ0n) is 9.56. The summed E-state index contributed by atoms with van der Waals surface area (Å²) in [7, 11) is 1.36. The van der Waals surface area contributed by atoms with E-state index in [2.05, 4.69) is 10.1 Å². The minimum Gasteiger partial charge on any atom is -0.481 e. The Kier molecular flexibility index (Phi) is 5.65. The fraction of sp³-hybridized carbons (Fsp3) is 0.455. The van der Waals surface area contributed by atoms with Gasteiger partial charge in [-0.1, -0.05) is 0 Å². The Bertz CT molecular complexity index is 389. The lowest BCUT2D eigenvalue weighted by Gasteiger charge is -2.01. The summed E-state index contributed by atoms with van der Waals surface area (Å²) in [4.78, 5) is 23.2. The predicted molar refractivity (Wildman–Crippen MR) is 64.0 cm³/mol. The van der Waals surface area contributed by atoms with Gasteiger partial charge in [-0.15, -0.1) is 11.3 Å². The minimum absolute atomic E-state index is 0.0623. The molecular formula is C11H15NO4S. The van der Waals surface area contributed by atoms with Gasteiger partial charge < -0.3 is 15.2 Å². The zero-order chi connectivity index (χ0) is 12.7. The van der Waals surface area contributed by atoms with Crippen LogP contribution >= 0.6 is 11.3 Å². The summed E-state index contributed by atoms with van der Waals surface area (Å²) in [5.41, 5.74) is 0. The van der Waals surface area contributed by atoms with Gasteiger partial charge in [-0.2, -0.15) is 0 Å². The second-order valence-electron chi connectivity index (χ2n) is 3.44. The topological polar surface area (TPSA) is 75.6 Å². The Labute approximate surface area is 103 Å². The number of hydrogen-bond acceptors (Lipinski definition) is 5. The third-order valence-corrected chi connectivity index (χ3v) is 3.16. The number of aliphatic carboxylic acids is 1. The number of hydrogen-bond donors (Lipinski definition) is 2. The predicted octanol–water partition coefficient (Wildman–Crippen LogP) is 1.03. The number of carbonyl (C=O) groups is 2. The van der Waals surface area contributed by atoms with Gasteiger partial charge in [0.05, 0.1) is 20.0 Å². The lowest BCUT2D eigenvalue weighted by molar-refractivity contribution is -0.140. The molecule has 1 aromatic heterocycles. The molecule has 0 aliphatic heterocycles. The molecule has 0 spiro atoms. The Morgan fingerprint density at radius 2 is 2.12 bits per heavy atom. The molecule has 0 fully saturated rings. The van der Waals surface area contributed by atoms with E-state index in [-0.39, 0.29) is 12.4 Å². The molecule has 0 amide bonds. The van der Waals surface area contributed by atoms with Gasteiger partial charge in [0.25, 0.3) is 0 Å². The van der Waals surface area contributed by atoms with Crippen molar-refractivity contribution in [1.29, 1.82) is 0 Å². The molecule has 6 heteroatoms. The van der Waals surface area contributed by atoms with E-state index in [1.165, 1.54) is 18.4 Å². The third-order valence-electron chi connectivity index (χ3n) is 2.08. The average molecular weight is 257 g/mol. The Balaban J connectivity index is 2.25. The molecule has 0 unspecified atom stereocenters. The maximum atomic E-state index is 10.8. The van der Waals surface area contributed by atoms with Crippen molar-refractivity contribution in [3.8, 4) is 0 Å². The fourth-order valence-corrected chi connectivity index (χ4v) is 2.24. The second kappa shape index (κ2) is 7.03. The summed E-state index contributed by atoms with van der Waals surface area (Å²) in [6.07, 6.45) is 0.399. The molecule has 0 bridgehead atoms. The normalized spacial score (nSPS) is 10.2. The van der Waals surface area contributed by atoms with Crippen molar-refractivity contribution in [3.05, 3.63) is 21.9 Å². The summed E-state index contributed by atoms with van der Waals surface area (Å²) in [6.45, 7) is 1.19. The van der Waals surface area contributed by atoms with Crippen molar-refractivity contribution in [2.45, 2.75) is 19.4 Å². The van der Waals surface area contributed by atoms with E-state index in [4.69, 9.17) is 5.11 Å². The lowest BCUT2D eigenvalue weighted by atomic mass is 10.3. The SMILES string of the molecule is COC(=O)CCNCc1ccc(CC(=O)O)s1. The summed E-state index contributed by atoms with van der Waals surface area (Å²) < 4.78 is 4.51. The van der Waals surface area contributed by atoms with Gasteiger partial charge in [0, 0.05) is 22.8 Å². The van der Waals surface area contributed by atoms with E-state index in [0.29, 0.717) is 19.5 Å². The van der Waals surface area contributed by atoms with Gasteiger partial charge in [-0.3, -0.25) is 9.59 Å². The molecule has 1 heterocycles. The Hall–Kier alpha value is -1.40. The molecule has 94 valence electrons. The van der Waals surface area contributed by atoms with Crippen LogP contribution in [0.1, 0.15) is 16.2 Å². The molecule has 0 aliphatic rings. The number of ether oxygens (including phenoxy) is 1. The molecule has 2 N–H and O–H groups in total. The number of thiophene rings is 1. The molecule has 1 rings (SSSR count). The number of carboxylic acids is 1. The molecule has 17 heavy (non-hydrogen) atoms. The molecule has 0 aromatic carbocycles. The summed E-state index contributed by atoms with van der Waals surface area (Å²) in [5.74, 6) is -1.06. The molecular weight excluding hydrogens is 242 g/mol. The first-order valence-corrected chi connectivity index (χ1v) is 6.00. The van der Waals surface area contributed by atoms with Crippen LogP contribution in [-0.4, -0.2) is 30.7 Å². The largest absolute Gasteiger partial charge is 0.481 e. The van der Waals surface area contributed by atoms with Crippen LogP contribution in [0.15, 0.2) is 12.1 Å². The molecule has 0 aliphatic carbocycles. The van der Waals surface area contributed by atoms with Crippen LogP contribution < -0.4 is 5.32 Å². The summed E-state index contributed by atoms with van der Waals surface area (Å²) >= 11 is 1.47. The highest BCUT2D eigenvalue weighted by Crippen LogP contribution is 2.16. The van der Waals surface area contributed by atoms with E-state index in [9.17, 15) is 9.59 Å². The van der Waals surface area contributed by atoms with Gasteiger partial charge in [-0.25, -0.2) is 0 Å². The highest BCUT2D eigenvalue weighted by molar-refractivity contribution is 7.12. The number of carboxylic acid groups (broad SMARTS) is 1. The molecule has 1 aromatic rings. The third kappa shape index (κ3) is 5.46. The molecule has 0 saturated carbocycles. The minimum atomic E-state index is -0.822. The highest BCUT2D eigenvalue weighted by Gasteiger charge is 2.04. The number of methoxy groups -OCH3 is 1. The van der Waals surface area contributed by atoms with Crippen molar-refractivity contribution in [3.63, 3.8) is 0 Å². The van der Waals surface area contributed by atoms with Crippen molar-refractivity contribution < 1.29 is 19.4 Å². The van der Waals surface area contributed by atoms with Crippen LogP contribution in [0, 0.1) is 0 Å². The monoisotopic (exact) mass is 257 g/mol. The van der Waals surface area contributed by atoms with E-state index in [1.54, 1.807) is 0 Å². The Morgan fingerprint density at radius 1 is 1.41 bits per heavy atom. The number of esters is 1. The van der Waals surface area contributed by atoms with Gasteiger partial charge in [0.1, 0.15) is 0 Å². The summed E-state index contributed by atoms with van der Waals surface area (Å²) in [5, 5.41) is 11.7. The molecule has 0 atom stereocenters. The van der Waals surface area contributed by atoms with E-state index < -0.39 is 5.97 Å². The summed E-state index contributed by atoms with van der Waals surface area (Å²) in [6, 6.07) is 3.71. The van der Waals surface area contributed by atoms with Crippen molar-refractivity contribution >= 4 is 23.3 Å². The number of carbonyl (C=O) groups excluding carboxylic acids is 1. The van der Waals surface area contributed by atoms with Crippen LogP contribution in [0.25, 0.3) is 0 Å². The quantitative estimate of drug-likeness (QED) is 0.563. The number of nitrogens with one attached hydrogen (secondary N) is 1. The fourth-order valence-electron chi connectivity index (χ4n) is 1.27. The van der Waals surface area contributed by atoms with Crippen LogP contribution in [0.5, 0.6) is 0 Å². The first kappa shape index (κ1) is 13.7. The standard InChI is InChI=1S/C11H15NO4S/c1-16-11(15)4-5-12-7-9-3-2-8(17-9)6-10(13)14/h2-3,12H,4-7H2,1H3,(H,13,14). The van der Waals surface area contributed by atoms with E-state index in [1.807, 2.05) is 12.1 Å². The van der Waals surface area contributed by atoms with Crippen molar-refractivity contribution in [2.75, 3.05) is 13.7 Å². The molecule has 0 radical (unpaired) electrons. The smallest absolute Gasteiger partial charge is 0.308 e. The molecule has 0 saturated heterocycles. The first-order valence-electron chi connectivity index (χ1n) is 5.18. The average Bonchev–Trinajstić information content (AvgIpc) is 2.70. The van der Waals surface area contributed by atoms with Crippen LogP contribution in [0.3, 0.4) is 0 Å². The van der Waals surface area contributed by atoms with Crippen LogP contribution in [0.4, 0.5) is 0 Å². The Morgan fingerprint density at radius 3 is 2.76 bits per heavy atom. The van der Waals surface area contributed by atoms with Gasteiger partial charge >= 0.3 is 11.9 Å². The zero-order valence-corrected chi connectivity index (χ0v) is 10.4. The van der Waals surface area contributed by atoms with Crippen LogP contribution in [0.2, 0.25) is 0 Å². The van der Waals surface area contributed by atoms with E-state index >= 15 is 0 Å². The maximum Gasteiger partial charge on any atom is 0.308 e. The van der Waals surface area contributed by atoms with Gasteiger partial charge in [-0.05, 0) is 12.1 Å². The lowest BCUT2D eigenvalue weighted by Crippen LogP contribution is -2.17. The highest BCUT2D eigenvalue weighted by atomic mass is 32.1.